The standard InChI is InChI=1S/C13H19ClN2S/c1-10-9-17-7-6-16(10)13(8-15)11-4-2-3-5-12(11)14/h2-5,10,13H,6-9,15H2,1H3. The van der Waals surface area contributed by atoms with Gasteiger partial charge < -0.3 is 5.73 Å². The predicted molar refractivity (Wildman–Crippen MR) is 76.7 cm³/mol. The third kappa shape index (κ3) is 2.97. The monoisotopic (exact) mass is 270 g/mol. The third-order valence-corrected chi connectivity index (χ3v) is 4.84. The lowest BCUT2D eigenvalue weighted by Crippen LogP contribution is -2.45. The average molecular weight is 271 g/mol. The van der Waals surface area contributed by atoms with Crippen LogP contribution in [0.2, 0.25) is 5.02 Å². The molecular formula is C13H19ClN2S. The summed E-state index contributed by atoms with van der Waals surface area (Å²) in [5.41, 5.74) is 7.12. The summed E-state index contributed by atoms with van der Waals surface area (Å²) in [6.45, 7) is 3.99. The first-order chi connectivity index (χ1) is 8.24. The van der Waals surface area contributed by atoms with E-state index in [9.17, 15) is 0 Å². The van der Waals surface area contributed by atoms with Gasteiger partial charge in [-0.15, -0.1) is 0 Å². The predicted octanol–water partition coefficient (Wildman–Crippen LogP) is 2.78. The minimum Gasteiger partial charge on any atom is -0.329 e. The molecular weight excluding hydrogens is 252 g/mol. The van der Waals surface area contributed by atoms with Gasteiger partial charge in [0.05, 0.1) is 0 Å². The number of hydrogen-bond acceptors (Lipinski definition) is 3. The van der Waals surface area contributed by atoms with E-state index < -0.39 is 0 Å². The lowest BCUT2D eigenvalue weighted by atomic mass is 10.0. The molecule has 2 N–H and O–H groups in total. The molecule has 2 unspecified atom stereocenters. The van der Waals surface area contributed by atoms with Crippen molar-refractivity contribution in [1.82, 2.24) is 4.90 Å². The van der Waals surface area contributed by atoms with Crippen molar-refractivity contribution in [2.24, 2.45) is 5.73 Å². The molecule has 0 saturated carbocycles. The average Bonchev–Trinajstić information content (AvgIpc) is 2.34. The molecule has 1 heterocycles. The van der Waals surface area contributed by atoms with Gasteiger partial charge in [-0.2, -0.15) is 11.8 Å². The fourth-order valence-electron chi connectivity index (χ4n) is 2.39. The molecule has 0 bridgehead atoms. The van der Waals surface area contributed by atoms with E-state index >= 15 is 0 Å². The van der Waals surface area contributed by atoms with Gasteiger partial charge in [0.1, 0.15) is 0 Å². The van der Waals surface area contributed by atoms with Crippen LogP contribution in [-0.2, 0) is 0 Å². The maximum atomic E-state index is 6.28. The second-order valence-electron chi connectivity index (χ2n) is 4.43. The molecule has 2 nitrogen and oxygen atoms in total. The molecule has 0 radical (unpaired) electrons. The first-order valence-corrected chi connectivity index (χ1v) is 7.55. The fraction of sp³-hybridized carbons (Fsp3) is 0.538. The van der Waals surface area contributed by atoms with Crippen molar-refractivity contribution in [3.8, 4) is 0 Å². The minimum atomic E-state index is 0.250. The number of rotatable bonds is 3. The number of halogens is 1. The van der Waals surface area contributed by atoms with E-state index in [0.717, 1.165) is 17.1 Å². The Morgan fingerprint density at radius 2 is 2.29 bits per heavy atom. The highest BCUT2D eigenvalue weighted by Crippen LogP contribution is 2.30. The van der Waals surface area contributed by atoms with E-state index in [1.807, 2.05) is 30.0 Å². The number of thioether (sulfide) groups is 1. The van der Waals surface area contributed by atoms with Gasteiger partial charge in [0.2, 0.25) is 0 Å². The van der Waals surface area contributed by atoms with Crippen LogP contribution < -0.4 is 5.73 Å². The second kappa shape index (κ2) is 6.10. The molecule has 1 aromatic carbocycles. The molecule has 1 aliphatic rings. The second-order valence-corrected chi connectivity index (χ2v) is 5.99. The van der Waals surface area contributed by atoms with Crippen molar-refractivity contribution in [3.05, 3.63) is 34.9 Å². The Kier molecular flexibility index (Phi) is 4.74. The molecule has 4 heteroatoms. The van der Waals surface area contributed by atoms with E-state index in [1.165, 1.54) is 11.5 Å². The summed E-state index contributed by atoms with van der Waals surface area (Å²) in [6.07, 6.45) is 0. The summed E-state index contributed by atoms with van der Waals surface area (Å²) in [4.78, 5) is 2.48. The van der Waals surface area contributed by atoms with Crippen molar-refractivity contribution in [1.29, 1.82) is 0 Å². The summed E-state index contributed by atoms with van der Waals surface area (Å²) in [6, 6.07) is 8.86. The van der Waals surface area contributed by atoms with Crippen LogP contribution in [0.15, 0.2) is 24.3 Å². The van der Waals surface area contributed by atoms with Gasteiger partial charge in [-0.25, -0.2) is 0 Å². The van der Waals surface area contributed by atoms with Crippen LogP contribution in [0, 0.1) is 0 Å². The lowest BCUT2D eigenvalue weighted by molar-refractivity contribution is 0.166. The molecule has 1 aliphatic heterocycles. The molecule has 2 atom stereocenters. The largest absolute Gasteiger partial charge is 0.329 e. The summed E-state index contributed by atoms with van der Waals surface area (Å²) in [7, 11) is 0. The van der Waals surface area contributed by atoms with E-state index in [-0.39, 0.29) is 6.04 Å². The normalized spacial score (nSPS) is 23.6. The molecule has 0 amide bonds. The van der Waals surface area contributed by atoms with Crippen LogP contribution in [-0.4, -0.2) is 35.5 Å². The van der Waals surface area contributed by atoms with Gasteiger partial charge in [-0.05, 0) is 18.6 Å². The van der Waals surface area contributed by atoms with Crippen molar-refractivity contribution < 1.29 is 0 Å². The van der Waals surface area contributed by atoms with E-state index in [4.69, 9.17) is 17.3 Å². The Labute approximate surface area is 113 Å². The van der Waals surface area contributed by atoms with Crippen molar-refractivity contribution in [2.45, 2.75) is 19.0 Å². The quantitative estimate of drug-likeness (QED) is 0.916. The minimum absolute atomic E-state index is 0.250. The first-order valence-electron chi connectivity index (χ1n) is 6.02. The zero-order valence-corrected chi connectivity index (χ0v) is 11.7. The smallest absolute Gasteiger partial charge is 0.0488 e. The Bertz CT molecular complexity index is 372. The molecule has 94 valence electrons. The summed E-state index contributed by atoms with van der Waals surface area (Å²) in [5, 5.41) is 0.827. The highest BCUT2D eigenvalue weighted by Gasteiger charge is 2.27. The molecule has 1 saturated heterocycles. The number of nitrogens with two attached hydrogens (primary N) is 1. The summed E-state index contributed by atoms with van der Waals surface area (Å²) in [5.74, 6) is 2.37. The maximum Gasteiger partial charge on any atom is 0.0488 e. The van der Waals surface area contributed by atoms with Gasteiger partial charge in [0.15, 0.2) is 0 Å². The lowest BCUT2D eigenvalue weighted by Gasteiger charge is -2.39. The third-order valence-electron chi connectivity index (χ3n) is 3.31. The molecule has 2 rings (SSSR count). The topological polar surface area (TPSA) is 29.3 Å². The van der Waals surface area contributed by atoms with Crippen molar-refractivity contribution >= 4 is 23.4 Å². The molecule has 17 heavy (non-hydrogen) atoms. The Morgan fingerprint density at radius 1 is 1.53 bits per heavy atom. The first kappa shape index (κ1) is 13.2. The Morgan fingerprint density at radius 3 is 2.94 bits per heavy atom. The van der Waals surface area contributed by atoms with Crippen molar-refractivity contribution in [3.63, 3.8) is 0 Å². The van der Waals surface area contributed by atoms with E-state index in [1.54, 1.807) is 0 Å². The SMILES string of the molecule is CC1CSCCN1C(CN)c1ccccc1Cl. The molecule has 0 aliphatic carbocycles. The molecule has 0 aromatic heterocycles. The molecule has 1 aromatic rings. The summed E-state index contributed by atoms with van der Waals surface area (Å²) >= 11 is 8.30. The van der Waals surface area contributed by atoms with Crippen LogP contribution in [0.4, 0.5) is 0 Å². The summed E-state index contributed by atoms with van der Waals surface area (Å²) < 4.78 is 0. The van der Waals surface area contributed by atoms with Crippen LogP contribution in [0.3, 0.4) is 0 Å². The van der Waals surface area contributed by atoms with Crippen LogP contribution in [0.1, 0.15) is 18.5 Å². The number of benzene rings is 1. The molecule has 1 fully saturated rings. The van der Waals surface area contributed by atoms with Crippen LogP contribution >= 0.6 is 23.4 Å². The van der Waals surface area contributed by atoms with Crippen LogP contribution in [0.25, 0.3) is 0 Å². The van der Waals surface area contributed by atoms with Gasteiger partial charge in [0, 0.05) is 41.7 Å². The van der Waals surface area contributed by atoms with Gasteiger partial charge >= 0.3 is 0 Å². The van der Waals surface area contributed by atoms with Crippen LogP contribution in [0.5, 0.6) is 0 Å². The van der Waals surface area contributed by atoms with Gasteiger partial charge in [-0.1, -0.05) is 29.8 Å². The Balaban J connectivity index is 2.23. The van der Waals surface area contributed by atoms with Crippen molar-refractivity contribution in [2.75, 3.05) is 24.6 Å². The van der Waals surface area contributed by atoms with Gasteiger partial charge in [-0.3, -0.25) is 4.90 Å². The molecule has 0 spiro atoms. The highest BCUT2D eigenvalue weighted by molar-refractivity contribution is 7.99. The number of hydrogen-bond donors (Lipinski definition) is 1. The van der Waals surface area contributed by atoms with E-state index in [0.29, 0.717) is 12.6 Å². The Hall–Kier alpha value is -0.220. The zero-order valence-electron chi connectivity index (χ0n) is 10.1. The number of nitrogens with zero attached hydrogens (tertiary/aromatic N) is 1. The zero-order chi connectivity index (χ0) is 12.3. The fourth-order valence-corrected chi connectivity index (χ4v) is 3.69. The van der Waals surface area contributed by atoms with Gasteiger partial charge in [0.25, 0.3) is 0 Å². The van der Waals surface area contributed by atoms with E-state index in [2.05, 4.69) is 17.9 Å². The maximum absolute atomic E-state index is 6.28. The highest BCUT2D eigenvalue weighted by atomic mass is 35.5.